The fourth-order valence-electron chi connectivity index (χ4n) is 6.25. The highest BCUT2D eigenvalue weighted by molar-refractivity contribution is 6.09. The van der Waals surface area contributed by atoms with E-state index in [1.807, 2.05) is 13.8 Å². The van der Waals surface area contributed by atoms with Crippen molar-refractivity contribution in [1.29, 1.82) is 0 Å². The molecule has 1 saturated carbocycles. The molecular weight excluding hydrogens is 450 g/mol. The van der Waals surface area contributed by atoms with Gasteiger partial charge in [0.1, 0.15) is 11.9 Å². The standard InChI is InChI=1S/C29H41N5O2/c1-29(2)26(33-25-27(30)31-19-32-28(25)36-29)24-9-7-23(8-10-24)22-5-3-20(4-6-22)11-15-34-16-12-21(13-17-34)14-18-35/h7-10,19-22,35H,3-6,11-18H2,1-2H3,(H2,30,31,32)/t20-,22-. The Morgan fingerprint density at radius 1 is 0.972 bits per heavy atom. The molecule has 7 nitrogen and oxygen atoms in total. The van der Waals surface area contributed by atoms with Crippen molar-refractivity contribution in [1.82, 2.24) is 14.9 Å². The van der Waals surface area contributed by atoms with E-state index in [9.17, 15) is 0 Å². The maximum atomic E-state index is 9.16. The van der Waals surface area contributed by atoms with Crippen LogP contribution in [-0.2, 0) is 0 Å². The molecule has 3 aliphatic rings. The van der Waals surface area contributed by atoms with Crippen LogP contribution in [0.5, 0.6) is 5.88 Å². The minimum absolute atomic E-state index is 0.340. The highest BCUT2D eigenvalue weighted by atomic mass is 16.5. The van der Waals surface area contributed by atoms with Crippen LogP contribution in [0.1, 0.15) is 82.3 Å². The van der Waals surface area contributed by atoms with Crippen LogP contribution in [0, 0.1) is 11.8 Å². The normalized spacial score (nSPS) is 24.6. The molecule has 0 spiro atoms. The van der Waals surface area contributed by atoms with Crippen LogP contribution in [0.3, 0.4) is 0 Å². The van der Waals surface area contributed by atoms with Gasteiger partial charge in [0, 0.05) is 12.2 Å². The maximum absolute atomic E-state index is 9.16. The van der Waals surface area contributed by atoms with Crippen molar-refractivity contribution in [2.75, 3.05) is 32.0 Å². The predicted molar refractivity (Wildman–Crippen MR) is 144 cm³/mol. The Bertz CT molecular complexity index is 1050. The first-order valence-corrected chi connectivity index (χ1v) is 13.7. The number of rotatable bonds is 7. The summed E-state index contributed by atoms with van der Waals surface area (Å²) in [7, 11) is 0. The molecule has 0 radical (unpaired) electrons. The average molecular weight is 492 g/mol. The van der Waals surface area contributed by atoms with E-state index in [1.165, 1.54) is 76.5 Å². The fourth-order valence-corrected chi connectivity index (χ4v) is 6.25. The lowest BCUT2D eigenvalue weighted by Crippen LogP contribution is -2.41. The maximum Gasteiger partial charge on any atom is 0.246 e. The highest BCUT2D eigenvalue weighted by Gasteiger charge is 2.35. The Morgan fingerprint density at radius 3 is 2.36 bits per heavy atom. The molecule has 1 aromatic carbocycles. The third-order valence-electron chi connectivity index (χ3n) is 8.56. The van der Waals surface area contributed by atoms with Gasteiger partial charge in [0.25, 0.3) is 0 Å². The van der Waals surface area contributed by atoms with E-state index in [1.54, 1.807) is 0 Å². The Hall–Kier alpha value is -2.51. The van der Waals surface area contributed by atoms with Gasteiger partial charge in [-0.3, -0.25) is 0 Å². The quantitative estimate of drug-likeness (QED) is 0.559. The fraction of sp³-hybridized carbons (Fsp3) is 0.621. The number of hydrogen-bond donors (Lipinski definition) is 2. The average Bonchev–Trinajstić information content (AvgIpc) is 2.88. The molecule has 0 atom stereocenters. The van der Waals surface area contributed by atoms with Gasteiger partial charge in [-0.15, -0.1) is 0 Å². The molecule has 3 N–H and O–H groups in total. The monoisotopic (exact) mass is 491 g/mol. The second-order valence-electron chi connectivity index (χ2n) is 11.4. The third-order valence-corrected chi connectivity index (χ3v) is 8.56. The van der Waals surface area contributed by atoms with Crippen molar-refractivity contribution in [3.63, 3.8) is 0 Å². The van der Waals surface area contributed by atoms with E-state index in [2.05, 4.69) is 39.1 Å². The van der Waals surface area contributed by atoms with Gasteiger partial charge in [0.05, 0.1) is 5.71 Å². The van der Waals surface area contributed by atoms with Gasteiger partial charge in [-0.1, -0.05) is 24.3 Å². The SMILES string of the molecule is CC1(C)Oc2ncnc(N)c2N=C1c1ccc([C@H]2CC[C@H](CCN3CCC(CCO)CC3)CC2)cc1. The Balaban J connectivity index is 1.15. The molecule has 2 fully saturated rings. The largest absolute Gasteiger partial charge is 0.463 e. The highest BCUT2D eigenvalue weighted by Crippen LogP contribution is 2.40. The van der Waals surface area contributed by atoms with Crippen molar-refractivity contribution >= 4 is 17.2 Å². The van der Waals surface area contributed by atoms with Gasteiger partial charge in [-0.05, 0) is 108 Å². The van der Waals surface area contributed by atoms with E-state index < -0.39 is 5.60 Å². The second-order valence-corrected chi connectivity index (χ2v) is 11.4. The van der Waals surface area contributed by atoms with E-state index >= 15 is 0 Å². The van der Waals surface area contributed by atoms with Gasteiger partial charge in [0.2, 0.25) is 5.88 Å². The summed E-state index contributed by atoms with van der Waals surface area (Å²) in [4.78, 5) is 15.7. The first kappa shape index (κ1) is 25.2. The minimum atomic E-state index is -0.596. The first-order chi connectivity index (χ1) is 17.4. The number of piperidine rings is 1. The van der Waals surface area contributed by atoms with Crippen LogP contribution >= 0.6 is 0 Å². The second kappa shape index (κ2) is 10.9. The summed E-state index contributed by atoms with van der Waals surface area (Å²) < 4.78 is 6.13. The number of aromatic nitrogens is 2. The van der Waals surface area contributed by atoms with E-state index in [-0.39, 0.29) is 0 Å². The zero-order valence-electron chi connectivity index (χ0n) is 21.8. The minimum Gasteiger partial charge on any atom is -0.463 e. The first-order valence-electron chi connectivity index (χ1n) is 13.7. The molecule has 0 unspecified atom stereocenters. The lowest BCUT2D eigenvalue weighted by molar-refractivity contribution is 0.147. The molecule has 194 valence electrons. The molecule has 5 rings (SSSR count). The number of ether oxygens (including phenoxy) is 1. The number of hydrogen-bond acceptors (Lipinski definition) is 7. The molecule has 3 heterocycles. The van der Waals surface area contributed by atoms with Crippen molar-refractivity contribution in [3.05, 3.63) is 41.7 Å². The third kappa shape index (κ3) is 5.57. The van der Waals surface area contributed by atoms with Crippen LogP contribution in [0.25, 0.3) is 0 Å². The Morgan fingerprint density at radius 2 is 1.67 bits per heavy atom. The van der Waals surface area contributed by atoms with E-state index in [4.69, 9.17) is 20.6 Å². The number of nitrogen functional groups attached to an aromatic ring is 1. The van der Waals surface area contributed by atoms with Crippen LogP contribution < -0.4 is 10.5 Å². The lowest BCUT2D eigenvalue weighted by Gasteiger charge is -2.34. The zero-order valence-corrected chi connectivity index (χ0v) is 21.8. The summed E-state index contributed by atoms with van der Waals surface area (Å²) in [6, 6.07) is 8.90. The smallest absolute Gasteiger partial charge is 0.246 e. The number of aliphatic hydroxyl groups is 1. The number of nitrogens with zero attached hydrogens (tertiary/aromatic N) is 4. The molecule has 0 bridgehead atoms. The Kier molecular flexibility index (Phi) is 7.58. The summed E-state index contributed by atoms with van der Waals surface area (Å²) in [5, 5.41) is 9.16. The van der Waals surface area contributed by atoms with Gasteiger partial charge in [0.15, 0.2) is 11.5 Å². The van der Waals surface area contributed by atoms with Gasteiger partial charge in [-0.2, -0.15) is 4.98 Å². The number of aliphatic imine (C=N–C) groups is 1. The topological polar surface area (TPSA) is 96.9 Å². The van der Waals surface area contributed by atoms with Crippen molar-refractivity contribution in [3.8, 4) is 5.88 Å². The number of aliphatic hydroxyl groups excluding tert-OH is 1. The summed E-state index contributed by atoms with van der Waals surface area (Å²) in [5.41, 5.74) is 9.29. The van der Waals surface area contributed by atoms with Gasteiger partial charge in [-0.25, -0.2) is 9.98 Å². The number of fused-ring (bicyclic) bond motifs is 1. The van der Waals surface area contributed by atoms with Crippen LogP contribution in [0.2, 0.25) is 0 Å². The summed E-state index contributed by atoms with van der Waals surface area (Å²) in [6.07, 6.45) is 11.5. The van der Waals surface area contributed by atoms with Crippen LogP contribution in [0.4, 0.5) is 11.5 Å². The summed E-state index contributed by atoms with van der Waals surface area (Å²) in [6.45, 7) is 8.04. The van der Waals surface area contributed by atoms with Crippen molar-refractivity contribution in [2.24, 2.45) is 16.8 Å². The van der Waals surface area contributed by atoms with E-state index in [0.29, 0.717) is 29.9 Å². The zero-order chi connectivity index (χ0) is 25.1. The van der Waals surface area contributed by atoms with Gasteiger partial charge < -0.3 is 20.5 Å². The van der Waals surface area contributed by atoms with Crippen LogP contribution in [0.15, 0.2) is 35.6 Å². The van der Waals surface area contributed by atoms with Crippen LogP contribution in [-0.4, -0.2) is 57.5 Å². The van der Waals surface area contributed by atoms with Gasteiger partial charge >= 0.3 is 0 Å². The lowest BCUT2D eigenvalue weighted by atomic mass is 9.77. The van der Waals surface area contributed by atoms with E-state index in [0.717, 1.165) is 29.5 Å². The summed E-state index contributed by atoms with van der Waals surface area (Å²) in [5.74, 6) is 3.02. The molecule has 1 aromatic heterocycles. The number of benzene rings is 1. The summed E-state index contributed by atoms with van der Waals surface area (Å²) >= 11 is 0. The number of likely N-dealkylation sites (tertiary alicyclic amines) is 1. The molecule has 1 saturated heterocycles. The van der Waals surface area contributed by atoms with Crippen molar-refractivity contribution < 1.29 is 9.84 Å². The van der Waals surface area contributed by atoms with Crippen molar-refractivity contribution in [2.45, 2.75) is 76.7 Å². The molecule has 2 aliphatic heterocycles. The molecular formula is C29H41N5O2. The predicted octanol–water partition coefficient (Wildman–Crippen LogP) is 5.11. The molecule has 0 amide bonds. The molecule has 2 aromatic rings. The molecule has 36 heavy (non-hydrogen) atoms. The molecule has 7 heteroatoms. The number of anilines is 1. The molecule has 1 aliphatic carbocycles. The number of nitrogens with two attached hydrogens (primary N) is 1. The Labute approximate surface area is 215 Å².